The number of fused-ring (bicyclic) bond motifs is 1. The quantitative estimate of drug-likeness (QED) is 0.255. The highest BCUT2D eigenvalue weighted by Crippen LogP contribution is 2.36. The van der Waals surface area contributed by atoms with Gasteiger partial charge in [-0.1, -0.05) is 48.6 Å². The van der Waals surface area contributed by atoms with Gasteiger partial charge in [0.25, 0.3) is 5.56 Å². The summed E-state index contributed by atoms with van der Waals surface area (Å²) in [4.78, 5) is 32.7. The molecule has 0 saturated carbocycles. The van der Waals surface area contributed by atoms with Gasteiger partial charge in [0.1, 0.15) is 11.8 Å². The van der Waals surface area contributed by atoms with Crippen LogP contribution in [0.15, 0.2) is 75.7 Å². The fraction of sp³-hybridized carbons (Fsp3) is 0.324. The Balaban J connectivity index is 1.69. The first-order chi connectivity index (χ1) is 20.1. The topological polar surface area (TPSA) is 74.8 Å². The third-order valence-corrected chi connectivity index (χ3v) is 8.44. The van der Waals surface area contributed by atoms with Gasteiger partial charge in [0, 0.05) is 22.6 Å². The summed E-state index contributed by atoms with van der Waals surface area (Å²) in [6.07, 6.45) is 2.83. The molecule has 2 aromatic carbocycles. The second-order valence-electron chi connectivity index (χ2n) is 10.7. The number of hydrogen-bond donors (Lipinski definition) is 0. The van der Waals surface area contributed by atoms with E-state index in [0.717, 1.165) is 29.1 Å². The molecule has 218 valence electrons. The fourth-order valence-electron chi connectivity index (χ4n) is 5.51. The minimum absolute atomic E-state index is 0.0912. The van der Waals surface area contributed by atoms with Crippen molar-refractivity contribution in [2.24, 2.45) is 4.99 Å². The second-order valence-corrected chi connectivity index (χ2v) is 11.7. The molecule has 0 bridgehead atoms. The van der Waals surface area contributed by atoms with Gasteiger partial charge in [-0.3, -0.25) is 9.36 Å². The third kappa shape index (κ3) is 5.39. The molecule has 1 aliphatic heterocycles. The standard InChI is InChI=1S/C34H37N3O4S/c1-8-24-14-16-26(17-15-24)36-21(5)18-25(23(36)7)19-29-32(38)37-31(27-12-10-11-13-28(27)41-20(3)4)30(33(39)40-9-2)22(6)35-34(37)42-29/h10-20,31H,8-9H2,1-7H3/b29-19+/t31-/m1/s1. The predicted molar refractivity (Wildman–Crippen MR) is 167 cm³/mol. The van der Waals surface area contributed by atoms with E-state index in [2.05, 4.69) is 55.7 Å². The number of carbonyl (C=O) groups is 1. The Morgan fingerprint density at radius 3 is 2.45 bits per heavy atom. The average Bonchev–Trinajstić information content (AvgIpc) is 3.41. The molecular formula is C34H37N3O4S. The lowest BCUT2D eigenvalue weighted by Crippen LogP contribution is -2.40. The van der Waals surface area contributed by atoms with Crippen LogP contribution >= 0.6 is 11.3 Å². The van der Waals surface area contributed by atoms with Crippen molar-refractivity contribution in [3.05, 3.63) is 114 Å². The minimum Gasteiger partial charge on any atom is -0.491 e. The van der Waals surface area contributed by atoms with Gasteiger partial charge in [0.2, 0.25) is 0 Å². The van der Waals surface area contributed by atoms with Crippen molar-refractivity contribution < 1.29 is 14.3 Å². The first-order valence-electron chi connectivity index (χ1n) is 14.4. The molecule has 42 heavy (non-hydrogen) atoms. The SMILES string of the molecule is CCOC(=O)C1=C(C)N=c2s/c(=C/c3cc(C)n(-c4ccc(CC)cc4)c3C)c(=O)n2[C@@H]1c1ccccc1OC(C)C. The lowest BCUT2D eigenvalue weighted by Gasteiger charge is -2.26. The van der Waals surface area contributed by atoms with E-state index in [1.165, 1.54) is 16.9 Å². The Labute approximate surface area is 250 Å². The zero-order chi connectivity index (χ0) is 30.1. The molecule has 7 nitrogen and oxygen atoms in total. The number of allylic oxidation sites excluding steroid dienone is 1. The van der Waals surface area contributed by atoms with Gasteiger partial charge in [0.05, 0.1) is 28.5 Å². The van der Waals surface area contributed by atoms with Crippen molar-refractivity contribution in [2.75, 3.05) is 6.61 Å². The van der Waals surface area contributed by atoms with E-state index in [4.69, 9.17) is 14.5 Å². The monoisotopic (exact) mass is 583 g/mol. The van der Waals surface area contributed by atoms with Gasteiger partial charge in [-0.05, 0) is 89.4 Å². The maximum absolute atomic E-state index is 14.2. The molecule has 1 aliphatic rings. The van der Waals surface area contributed by atoms with E-state index in [1.54, 1.807) is 18.4 Å². The third-order valence-electron chi connectivity index (χ3n) is 7.45. The van der Waals surface area contributed by atoms with E-state index >= 15 is 0 Å². The Kier molecular flexibility index (Phi) is 8.36. The summed E-state index contributed by atoms with van der Waals surface area (Å²) in [5.74, 6) is 0.122. The summed E-state index contributed by atoms with van der Waals surface area (Å²) < 4.78 is 15.9. The van der Waals surface area contributed by atoms with E-state index in [-0.39, 0.29) is 18.3 Å². The van der Waals surface area contributed by atoms with Crippen LogP contribution in [0.3, 0.4) is 0 Å². The Morgan fingerprint density at radius 2 is 1.79 bits per heavy atom. The second kappa shape index (κ2) is 12.0. The molecule has 0 fully saturated rings. The van der Waals surface area contributed by atoms with Crippen molar-refractivity contribution in [3.63, 3.8) is 0 Å². The lowest BCUT2D eigenvalue weighted by atomic mass is 9.95. The molecule has 3 heterocycles. The van der Waals surface area contributed by atoms with Gasteiger partial charge in [-0.15, -0.1) is 0 Å². The zero-order valence-electron chi connectivity index (χ0n) is 25.2. The maximum Gasteiger partial charge on any atom is 0.338 e. The molecule has 0 spiro atoms. The molecule has 2 aromatic heterocycles. The van der Waals surface area contributed by atoms with Crippen molar-refractivity contribution >= 4 is 23.4 Å². The Bertz CT molecular complexity index is 1860. The van der Waals surface area contributed by atoms with E-state index in [9.17, 15) is 9.59 Å². The first kappa shape index (κ1) is 29.3. The minimum atomic E-state index is -0.734. The molecule has 0 radical (unpaired) electrons. The molecular weight excluding hydrogens is 546 g/mol. The molecule has 0 amide bonds. The number of thiazole rings is 1. The number of rotatable bonds is 8. The number of hydrogen-bond acceptors (Lipinski definition) is 6. The molecule has 1 atom stereocenters. The fourth-order valence-corrected chi connectivity index (χ4v) is 6.54. The van der Waals surface area contributed by atoms with Crippen molar-refractivity contribution in [2.45, 2.75) is 67.0 Å². The van der Waals surface area contributed by atoms with E-state index in [1.807, 2.05) is 44.2 Å². The van der Waals surface area contributed by atoms with Gasteiger partial charge in [-0.2, -0.15) is 0 Å². The summed E-state index contributed by atoms with van der Waals surface area (Å²) >= 11 is 1.32. The largest absolute Gasteiger partial charge is 0.491 e. The molecule has 0 unspecified atom stereocenters. The van der Waals surface area contributed by atoms with Crippen LogP contribution in [0.1, 0.15) is 68.7 Å². The van der Waals surface area contributed by atoms with E-state index < -0.39 is 12.0 Å². The number of esters is 1. The van der Waals surface area contributed by atoms with Crippen molar-refractivity contribution in [1.82, 2.24) is 9.13 Å². The van der Waals surface area contributed by atoms with E-state index in [0.29, 0.717) is 31.9 Å². The molecule has 8 heteroatoms. The number of aromatic nitrogens is 2. The molecule has 0 saturated heterocycles. The first-order valence-corrected chi connectivity index (χ1v) is 15.2. The maximum atomic E-state index is 14.2. The number of para-hydroxylation sites is 1. The summed E-state index contributed by atoms with van der Waals surface area (Å²) in [5, 5.41) is 0. The smallest absolute Gasteiger partial charge is 0.338 e. The van der Waals surface area contributed by atoms with Gasteiger partial charge >= 0.3 is 5.97 Å². The normalized spacial score (nSPS) is 15.1. The van der Waals surface area contributed by atoms with Crippen molar-refractivity contribution in [3.8, 4) is 11.4 Å². The number of nitrogens with zero attached hydrogens (tertiary/aromatic N) is 3. The molecule has 0 N–H and O–H groups in total. The summed E-state index contributed by atoms with van der Waals surface area (Å²) in [5.41, 5.74) is 6.81. The molecule has 5 rings (SSSR count). The lowest BCUT2D eigenvalue weighted by molar-refractivity contribution is -0.139. The number of ether oxygens (including phenoxy) is 2. The van der Waals surface area contributed by atoms with Crippen LogP contribution in [0.5, 0.6) is 5.75 Å². The van der Waals surface area contributed by atoms with Gasteiger partial charge < -0.3 is 14.0 Å². The average molecular weight is 584 g/mol. The predicted octanol–water partition coefficient (Wildman–Crippen LogP) is 5.56. The van der Waals surface area contributed by atoms with Crippen LogP contribution in [0.4, 0.5) is 0 Å². The molecule has 0 aliphatic carbocycles. The summed E-state index contributed by atoms with van der Waals surface area (Å²) in [6.45, 7) is 14.0. The van der Waals surface area contributed by atoms with Gasteiger partial charge in [0.15, 0.2) is 4.80 Å². The van der Waals surface area contributed by atoms with Crippen molar-refractivity contribution in [1.29, 1.82) is 0 Å². The summed E-state index contributed by atoms with van der Waals surface area (Å²) in [7, 11) is 0. The van der Waals surface area contributed by atoms with Crippen LogP contribution in [-0.2, 0) is 16.0 Å². The number of carbonyl (C=O) groups excluding carboxylic acids is 1. The van der Waals surface area contributed by atoms with Crippen LogP contribution in [-0.4, -0.2) is 27.8 Å². The van der Waals surface area contributed by atoms with Crippen LogP contribution < -0.4 is 19.6 Å². The highest BCUT2D eigenvalue weighted by Gasteiger charge is 2.35. The molecule has 4 aromatic rings. The zero-order valence-corrected chi connectivity index (χ0v) is 26.0. The highest BCUT2D eigenvalue weighted by atomic mass is 32.1. The number of aryl methyl sites for hydroxylation is 2. The Morgan fingerprint density at radius 1 is 1.07 bits per heavy atom. The summed E-state index contributed by atoms with van der Waals surface area (Å²) in [6, 6.07) is 17.5. The van der Waals surface area contributed by atoms with Crippen LogP contribution in [0.2, 0.25) is 0 Å². The van der Waals surface area contributed by atoms with Crippen LogP contribution in [0.25, 0.3) is 11.8 Å². The Hall–Kier alpha value is -4.17. The highest BCUT2D eigenvalue weighted by molar-refractivity contribution is 7.07. The number of benzene rings is 2. The van der Waals surface area contributed by atoms with Gasteiger partial charge in [-0.25, -0.2) is 9.79 Å². The van der Waals surface area contributed by atoms with Crippen LogP contribution in [0, 0.1) is 13.8 Å².